The highest BCUT2D eigenvalue weighted by molar-refractivity contribution is 8.02. The molecule has 0 saturated carbocycles. The summed E-state index contributed by atoms with van der Waals surface area (Å²) in [5.74, 6) is -0.621. The SMILES string of the molecule is C=CCN(CCCCC)C(=O)C1N(CCCCCO)C(=O)[C@@H]2[C@H](C(=O)N(CC=C)c3ccc(OCC)cc3)[C@]3(C)CCC12S3. The molecule has 0 aromatic heterocycles. The van der Waals surface area contributed by atoms with Crippen LogP contribution in [0.1, 0.15) is 72.1 Å². The summed E-state index contributed by atoms with van der Waals surface area (Å²) in [7, 11) is 0. The maximum Gasteiger partial charge on any atom is 0.247 e. The number of carbonyl (C=O) groups excluding carboxylic acids is 3. The number of rotatable bonds is 18. The number of nitrogens with zero attached hydrogens (tertiary/aromatic N) is 3. The van der Waals surface area contributed by atoms with Crippen LogP contribution in [-0.4, -0.2) is 87.6 Å². The average Bonchev–Trinajstić information content (AvgIpc) is 3.58. The molecule has 3 heterocycles. The van der Waals surface area contributed by atoms with Crippen molar-refractivity contribution in [2.75, 3.05) is 44.3 Å². The number of hydrogen-bond acceptors (Lipinski definition) is 6. The second-order valence-electron chi connectivity index (χ2n) is 12.5. The van der Waals surface area contributed by atoms with E-state index in [4.69, 9.17) is 4.74 Å². The van der Waals surface area contributed by atoms with Gasteiger partial charge in [-0.25, -0.2) is 0 Å². The van der Waals surface area contributed by atoms with Crippen LogP contribution < -0.4 is 9.64 Å². The van der Waals surface area contributed by atoms with Crippen molar-refractivity contribution in [3.63, 3.8) is 0 Å². The van der Waals surface area contributed by atoms with Gasteiger partial charge in [0.25, 0.3) is 0 Å². The Balaban J connectivity index is 1.72. The van der Waals surface area contributed by atoms with Gasteiger partial charge >= 0.3 is 0 Å². The highest BCUT2D eigenvalue weighted by Gasteiger charge is 2.77. The number of anilines is 1. The average molecular weight is 626 g/mol. The molecule has 44 heavy (non-hydrogen) atoms. The molecular weight excluding hydrogens is 574 g/mol. The van der Waals surface area contributed by atoms with E-state index in [0.717, 1.165) is 50.0 Å². The van der Waals surface area contributed by atoms with Crippen molar-refractivity contribution in [1.29, 1.82) is 0 Å². The number of carbonyl (C=O) groups is 3. The van der Waals surface area contributed by atoms with Gasteiger partial charge in [-0.15, -0.1) is 24.9 Å². The molecule has 2 unspecified atom stereocenters. The number of ether oxygens (including phenoxy) is 1. The monoisotopic (exact) mass is 625 g/mol. The van der Waals surface area contributed by atoms with Gasteiger partial charge in [0, 0.05) is 43.2 Å². The first-order valence-electron chi connectivity index (χ1n) is 16.4. The molecule has 2 bridgehead atoms. The Morgan fingerprint density at radius 1 is 1.05 bits per heavy atom. The van der Waals surface area contributed by atoms with E-state index in [1.54, 1.807) is 33.7 Å². The minimum Gasteiger partial charge on any atom is -0.494 e. The lowest BCUT2D eigenvalue weighted by molar-refractivity contribution is -0.143. The molecule has 1 N–H and O–H groups in total. The van der Waals surface area contributed by atoms with Crippen molar-refractivity contribution >= 4 is 35.2 Å². The lowest BCUT2D eigenvalue weighted by Crippen LogP contribution is -2.55. The lowest BCUT2D eigenvalue weighted by atomic mass is 9.66. The van der Waals surface area contributed by atoms with Crippen LogP contribution in [0.5, 0.6) is 5.75 Å². The molecule has 242 valence electrons. The van der Waals surface area contributed by atoms with Gasteiger partial charge in [-0.1, -0.05) is 31.9 Å². The molecule has 3 aliphatic rings. The Kier molecular flexibility index (Phi) is 11.6. The van der Waals surface area contributed by atoms with E-state index in [2.05, 4.69) is 27.0 Å². The Morgan fingerprint density at radius 2 is 1.77 bits per heavy atom. The fourth-order valence-corrected chi connectivity index (χ4v) is 9.92. The first-order valence-corrected chi connectivity index (χ1v) is 17.2. The fraction of sp³-hybridized carbons (Fsp3) is 0.629. The van der Waals surface area contributed by atoms with Crippen molar-refractivity contribution in [2.24, 2.45) is 11.8 Å². The van der Waals surface area contributed by atoms with Crippen LogP contribution in [-0.2, 0) is 14.4 Å². The van der Waals surface area contributed by atoms with Crippen molar-refractivity contribution in [3.8, 4) is 5.75 Å². The molecule has 1 aromatic carbocycles. The van der Waals surface area contributed by atoms with Crippen molar-refractivity contribution in [1.82, 2.24) is 9.80 Å². The number of aliphatic hydroxyl groups is 1. The Hall–Kier alpha value is -2.78. The molecule has 3 fully saturated rings. The molecule has 1 aromatic rings. The van der Waals surface area contributed by atoms with Gasteiger partial charge in [-0.2, -0.15) is 0 Å². The lowest BCUT2D eigenvalue weighted by Gasteiger charge is -2.38. The summed E-state index contributed by atoms with van der Waals surface area (Å²) in [5.41, 5.74) is 0.732. The van der Waals surface area contributed by atoms with Gasteiger partial charge < -0.3 is 24.5 Å². The Morgan fingerprint density at radius 3 is 2.41 bits per heavy atom. The van der Waals surface area contributed by atoms with Gasteiger partial charge in [0.1, 0.15) is 11.8 Å². The van der Waals surface area contributed by atoms with Crippen LogP contribution in [0.15, 0.2) is 49.6 Å². The van der Waals surface area contributed by atoms with Crippen LogP contribution in [0.2, 0.25) is 0 Å². The molecule has 9 heteroatoms. The summed E-state index contributed by atoms with van der Waals surface area (Å²) >= 11 is 1.71. The summed E-state index contributed by atoms with van der Waals surface area (Å²) in [4.78, 5) is 49.1. The van der Waals surface area contributed by atoms with Crippen molar-refractivity contribution < 1.29 is 24.2 Å². The summed E-state index contributed by atoms with van der Waals surface area (Å²) in [6, 6.07) is 6.85. The third kappa shape index (κ3) is 6.45. The van der Waals surface area contributed by atoms with E-state index in [0.29, 0.717) is 45.6 Å². The van der Waals surface area contributed by atoms with Crippen LogP contribution in [0, 0.1) is 11.8 Å². The molecule has 4 rings (SSSR count). The Bertz CT molecular complexity index is 1190. The molecule has 3 aliphatic heterocycles. The zero-order chi connectivity index (χ0) is 31.9. The minimum atomic E-state index is -0.664. The van der Waals surface area contributed by atoms with Crippen LogP contribution >= 0.6 is 11.8 Å². The van der Waals surface area contributed by atoms with E-state index in [9.17, 15) is 19.5 Å². The largest absolute Gasteiger partial charge is 0.494 e. The molecule has 8 nitrogen and oxygen atoms in total. The van der Waals surface area contributed by atoms with Gasteiger partial charge in [-0.05, 0) is 76.6 Å². The number of benzene rings is 1. The van der Waals surface area contributed by atoms with Gasteiger partial charge in [0.05, 0.1) is 23.2 Å². The summed E-state index contributed by atoms with van der Waals surface area (Å²) in [6.45, 7) is 16.5. The number of fused-ring (bicyclic) bond motifs is 1. The first kappa shape index (κ1) is 34.1. The summed E-state index contributed by atoms with van der Waals surface area (Å²) < 4.78 is 4.49. The maximum atomic E-state index is 14.6. The van der Waals surface area contributed by atoms with E-state index >= 15 is 0 Å². The van der Waals surface area contributed by atoms with E-state index in [1.807, 2.05) is 36.1 Å². The second kappa shape index (κ2) is 15.0. The predicted octanol–water partition coefficient (Wildman–Crippen LogP) is 5.45. The van der Waals surface area contributed by atoms with Gasteiger partial charge in [-0.3, -0.25) is 14.4 Å². The highest BCUT2D eigenvalue weighted by atomic mass is 32.2. The van der Waals surface area contributed by atoms with Crippen LogP contribution in [0.3, 0.4) is 0 Å². The topological polar surface area (TPSA) is 90.4 Å². The van der Waals surface area contributed by atoms with E-state index in [-0.39, 0.29) is 24.3 Å². The van der Waals surface area contributed by atoms with E-state index < -0.39 is 27.4 Å². The van der Waals surface area contributed by atoms with Crippen molar-refractivity contribution in [2.45, 2.75) is 87.7 Å². The highest BCUT2D eigenvalue weighted by Crippen LogP contribution is 2.71. The Labute approximate surface area is 267 Å². The number of thioether (sulfide) groups is 1. The normalized spacial score (nSPS) is 26.9. The first-order chi connectivity index (χ1) is 21.2. The molecule has 1 spiro atoms. The minimum absolute atomic E-state index is 0.0293. The number of amides is 3. The molecule has 5 atom stereocenters. The zero-order valence-electron chi connectivity index (χ0n) is 26.8. The molecule has 3 saturated heterocycles. The standard InChI is InChI=1S/C35H51N3O5S/c1-6-10-12-23-36(21-7-2)33(42)30-35-20-19-34(5,44-35)28(29(35)32(41)38(30)24-13-11-14-25-39)31(40)37(22-8-3)26-15-17-27(18-16-26)43-9-4/h7-8,15-18,28-30,39H,2-3,6,9-14,19-25H2,1,4-5H3/t28-,29+,30?,34+,35?/m1/s1. The second-order valence-corrected chi connectivity index (χ2v) is 14.4. The summed E-state index contributed by atoms with van der Waals surface area (Å²) in [6.07, 6.45) is 10.1. The quantitative estimate of drug-likeness (QED) is 0.172. The molecule has 0 aliphatic carbocycles. The number of likely N-dealkylation sites (tertiary alicyclic amines) is 1. The van der Waals surface area contributed by atoms with Crippen LogP contribution in [0.4, 0.5) is 5.69 Å². The number of aliphatic hydroxyl groups excluding tert-OH is 1. The van der Waals surface area contributed by atoms with Crippen molar-refractivity contribution in [3.05, 3.63) is 49.6 Å². The summed E-state index contributed by atoms with van der Waals surface area (Å²) in [5, 5.41) is 9.35. The third-order valence-corrected chi connectivity index (χ3v) is 11.5. The fourth-order valence-electron chi connectivity index (χ4n) is 7.57. The van der Waals surface area contributed by atoms with Crippen LogP contribution in [0.25, 0.3) is 0 Å². The van der Waals surface area contributed by atoms with Gasteiger partial charge in [0.2, 0.25) is 17.7 Å². The zero-order valence-corrected chi connectivity index (χ0v) is 27.7. The number of hydrogen-bond donors (Lipinski definition) is 1. The third-order valence-electron chi connectivity index (χ3n) is 9.56. The molecular formula is C35H51N3O5S. The van der Waals surface area contributed by atoms with E-state index in [1.165, 1.54) is 0 Å². The number of unbranched alkanes of at least 4 members (excludes halogenated alkanes) is 4. The molecule has 0 radical (unpaired) electrons. The smallest absolute Gasteiger partial charge is 0.247 e. The molecule has 3 amide bonds. The maximum absolute atomic E-state index is 14.6. The predicted molar refractivity (Wildman–Crippen MR) is 178 cm³/mol. The van der Waals surface area contributed by atoms with Gasteiger partial charge in [0.15, 0.2) is 0 Å².